The second kappa shape index (κ2) is 13.5. The van der Waals surface area contributed by atoms with Crippen LogP contribution in [-0.2, 0) is 11.8 Å². The summed E-state index contributed by atoms with van der Waals surface area (Å²) < 4.78 is 5.08. The van der Waals surface area contributed by atoms with Crippen molar-refractivity contribution < 1.29 is 0 Å². The van der Waals surface area contributed by atoms with Gasteiger partial charge in [-0.3, -0.25) is 0 Å². The van der Waals surface area contributed by atoms with E-state index >= 15 is 0 Å². The predicted molar refractivity (Wildman–Crippen MR) is 272 cm³/mol. The molecule has 0 saturated heterocycles. The van der Waals surface area contributed by atoms with Crippen LogP contribution in [0.2, 0.25) is 0 Å². The minimum absolute atomic E-state index is 0.135. The second-order valence-electron chi connectivity index (χ2n) is 18.4. The van der Waals surface area contributed by atoms with Crippen LogP contribution < -0.4 is 0 Å². The fourth-order valence-electron chi connectivity index (χ4n) is 11.6. The first-order valence-corrected chi connectivity index (χ1v) is 22.8. The fraction of sp³-hybridized carbons (Fsp3) is 0.0820. The van der Waals surface area contributed by atoms with Gasteiger partial charge in [0.2, 0.25) is 0 Å². The Labute approximate surface area is 376 Å². The predicted octanol–water partition coefficient (Wildman–Crippen LogP) is 15.6. The Morgan fingerprint density at radius 1 is 0.492 bits per heavy atom. The number of hydrogen-bond acceptors (Lipinski definition) is 2. The number of aromatic nitrogens is 4. The molecule has 4 nitrogen and oxygen atoms in total. The molecule has 0 aliphatic heterocycles. The molecule has 0 bridgehead atoms. The summed E-state index contributed by atoms with van der Waals surface area (Å²) in [4.78, 5) is 11.0. The van der Waals surface area contributed by atoms with Crippen molar-refractivity contribution in [3.05, 3.63) is 210 Å². The van der Waals surface area contributed by atoms with Crippen LogP contribution in [0.3, 0.4) is 0 Å². The van der Waals surface area contributed by atoms with Gasteiger partial charge < -0.3 is 9.13 Å². The molecule has 2 aliphatic rings. The van der Waals surface area contributed by atoms with Gasteiger partial charge in [0.05, 0.1) is 44.7 Å². The zero-order valence-corrected chi connectivity index (χ0v) is 36.2. The first-order chi connectivity index (χ1) is 32.0. The van der Waals surface area contributed by atoms with Gasteiger partial charge >= 0.3 is 0 Å². The van der Waals surface area contributed by atoms with Gasteiger partial charge in [0.1, 0.15) is 0 Å². The third-order valence-electron chi connectivity index (χ3n) is 14.5. The van der Waals surface area contributed by atoms with E-state index < -0.39 is 0 Å². The van der Waals surface area contributed by atoms with Gasteiger partial charge in [-0.15, -0.1) is 0 Å². The number of nitrogens with zero attached hydrogens (tertiary/aromatic N) is 4. The molecule has 3 heterocycles. The molecule has 3 aromatic heterocycles. The molecule has 0 spiro atoms. The molecule has 0 fully saturated rings. The van der Waals surface area contributed by atoms with Crippen LogP contribution in [0.25, 0.3) is 116 Å². The Morgan fingerprint density at radius 3 is 2.02 bits per heavy atom. The van der Waals surface area contributed by atoms with Gasteiger partial charge in [0.15, 0.2) is 0 Å². The van der Waals surface area contributed by atoms with Crippen LogP contribution in [-0.4, -0.2) is 19.1 Å². The Bertz CT molecular complexity index is 4050. The van der Waals surface area contributed by atoms with E-state index in [9.17, 15) is 0 Å². The highest BCUT2D eigenvalue weighted by Crippen LogP contribution is 2.53. The molecule has 4 heteroatoms. The largest absolute Gasteiger partial charge is 0.309 e. The molecule has 65 heavy (non-hydrogen) atoms. The molecule has 0 unspecified atom stereocenters. The minimum Gasteiger partial charge on any atom is -0.309 e. The Hall–Kier alpha value is -8.08. The number of aryl methyl sites for hydroxylation is 1. The lowest BCUT2D eigenvalue weighted by Gasteiger charge is -2.21. The molecule has 0 atom stereocenters. The van der Waals surface area contributed by atoms with Crippen molar-refractivity contribution in [1.29, 1.82) is 0 Å². The van der Waals surface area contributed by atoms with E-state index in [1.165, 1.54) is 93.5 Å². The number of rotatable bonds is 4. The average molecular weight is 831 g/mol. The Kier molecular flexibility index (Phi) is 7.54. The van der Waals surface area contributed by atoms with E-state index in [1.54, 1.807) is 0 Å². The molecule has 0 radical (unpaired) electrons. The van der Waals surface area contributed by atoms with Crippen molar-refractivity contribution in [1.82, 2.24) is 19.1 Å². The Balaban J connectivity index is 1.05. The van der Waals surface area contributed by atoms with Gasteiger partial charge in [0.25, 0.3) is 0 Å². The maximum Gasteiger partial charge on any atom is 0.0979 e. The lowest BCUT2D eigenvalue weighted by Crippen LogP contribution is -2.14. The summed E-state index contributed by atoms with van der Waals surface area (Å²) in [5.41, 5.74) is 19.3. The quantitative estimate of drug-likeness (QED) is 0.177. The summed E-state index contributed by atoms with van der Waals surface area (Å²) in [5, 5.41) is 8.78. The van der Waals surface area contributed by atoms with Crippen LogP contribution >= 0.6 is 0 Å². The van der Waals surface area contributed by atoms with Crippen LogP contribution in [0.5, 0.6) is 0 Å². The molecule has 0 saturated carbocycles. The van der Waals surface area contributed by atoms with Crippen molar-refractivity contribution >= 4 is 71.4 Å². The number of allylic oxidation sites excluding steroid dienone is 1. The topological polar surface area (TPSA) is 35.6 Å². The fourth-order valence-corrected chi connectivity index (χ4v) is 11.6. The molecule has 12 aromatic rings. The number of benzene rings is 9. The van der Waals surface area contributed by atoms with Gasteiger partial charge in [0, 0.05) is 49.5 Å². The van der Waals surface area contributed by atoms with Crippen LogP contribution in [0.4, 0.5) is 0 Å². The molecular weight excluding hydrogens is 789 g/mol. The normalized spacial score (nSPS) is 13.9. The smallest absolute Gasteiger partial charge is 0.0979 e. The van der Waals surface area contributed by atoms with Crippen molar-refractivity contribution in [3.8, 4) is 45.0 Å². The monoisotopic (exact) mass is 830 g/mol. The molecule has 306 valence electrons. The van der Waals surface area contributed by atoms with Crippen LogP contribution in [0.1, 0.15) is 42.7 Å². The van der Waals surface area contributed by atoms with E-state index in [1.807, 2.05) is 0 Å². The van der Waals surface area contributed by atoms with Gasteiger partial charge in [-0.05, 0) is 111 Å². The maximum atomic E-state index is 5.49. The number of fused-ring (bicyclic) bond motifs is 12. The summed E-state index contributed by atoms with van der Waals surface area (Å²) in [6.07, 6.45) is 6.65. The van der Waals surface area contributed by atoms with Crippen molar-refractivity contribution in [2.24, 2.45) is 0 Å². The summed E-state index contributed by atoms with van der Waals surface area (Å²) >= 11 is 0. The molecule has 9 aromatic carbocycles. The molecule has 14 rings (SSSR count). The van der Waals surface area contributed by atoms with Crippen molar-refractivity contribution in [2.45, 2.75) is 32.1 Å². The Morgan fingerprint density at radius 2 is 1.15 bits per heavy atom. The van der Waals surface area contributed by atoms with Crippen molar-refractivity contribution in [2.75, 3.05) is 0 Å². The SMILES string of the molecule is CC1(C)c2ccccc2-c2c(-c3nc4ccccc4nc3-c3cccc(-n4c5c(c6c(-n7c8ccccc8c8cc9ccccc9cc87)c7ccccc7cc64)CCC=C5)c3)cccc21. The zero-order chi connectivity index (χ0) is 43.0. The van der Waals surface area contributed by atoms with E-state index in [0.29, 0.717) is 0 Å². The number of para-hydroxylation sites is 3. The summed E-state index contributed by atoms with van der Waals surface area (Å²) in [5.74, 6) is 0. The standard InChI is InChI=1S/C61H42N4/c1-61(2)48-27-10-7-24-44(48)56-46(26-16-28-49(56)61)59-58(62-50-29-11-12-30-51(50)63-59)40-20-15-21-41(33-40)64-53-32-14-9-25-45(53)57-55(64)36-39-19-5-6-22-42(39)60(57)65-52-31-13-8-23-43(52)47-34-37-17-3-4-18-38(37)35-54(47)65/h3-8,10-24,26-36H,9,25H2,1-2H3. The first-order valence-electron chi connectivity index (χ1n) is 22.8. The molecule has 0 N–H and O–H groups in total. The highest BCUT2D eigenvalue weighted by atomic mass is 15.0. The van der Waals surface area contributed by atoms with Crippen LogP contribution in [0, 0.1) is 0 Å². The first kappa shape index (κ1) is 36.4. The van der Waals surface area contributed by atoms with Gasteiger partial charge in [-0.2, -0.15) is 0 Å². The number of hydrogen-bond donors (Lipinski definition) is 0. The summed E-state index contributed by atoms with van der Waals surface area (Å²) in [6, 6.07) is 66.7. The molecule has 2 aliphatic carbocycles. The lowest BCUT2D eigenvalue weighted by molar-refractivity contribution is 0.660. The van der Waals surface area contributed by atoms with E-state index in [2.05, 4.69) is 217 Å². The average Bonchev–Trinajstić information content (AvgIpc) is 3.94. The van der Waals surface area contributed by atoms with E-state index in [0.717, 1.165) is 52.1 Å². The van der Waals surface area contributed by atoms with E-state index in [4.69, 9.17) is 9.97 Å². The highest BCUT2D eigenvalue weighted by molar-refractivity contribution is 6.18. The highest BCUT2D eigenvalue weighted by Gasteiger charge is 2.37. The third-order valence-corrected chi connectivity index (χ3v) is 14.5. The second-order valence-corrected chi connectivity index (χ2v) is 18.4. The minimum atomic E-state index is -0.135. The molecule has 0 amide bonds. The maximum absolute atomic E-state index is 5.49. The third kappa shape index (κ3) is 5.14. The van der Waals surface area contributed by atoms with Gasteiger partial charge in [-0.25, -0.2) is 9.97 Å². The van der Waals surface area contributed by atoms with Crippen LogP contribution in [0.15, 0.2) is 188 Å². The van der Waals surface area contributed by atoms with Crippen molar-refractivity contribution in [3.63, 3.8) is 0 Å². The zero-order valence-electron chi connectivity index (χ0n) is 36.2. The van der Waals surface area contributed by atoms with E-state index in [-0.39, 0.29) is 5.41 Å². The molecular formula is C61H42N4. The van der Waals surface area contributed by atoms with Gasteiger partial charge in [-0.1, -0.05) is 153 Å². The lowest BCUT2D eigenvalue weighted by atomic mass is 9.82. The summed E-state index contributed by atoms with van der Waals surface area (Å²) in [6.45, 7) is 4.68. The summed E-state index contributed by atoms with van der Waals surface area (Å²) in [7, 11) is 0.